The van der Waals surface area contributed by atoms with Crippen LogP contribution >= 0.6 is 17.4 Å². The minimum atomic E-state index is 0.445. The zero-order valence-electron chi connectivity index (χ0n) is 6.38. The summed E-state index contributed by atoms with van der Waals surface area (Å²) in [6, 6.07) is 0. The Labute approximate surface area is 71.2 Å². The van der Waals surface area contributed by atoms with Gasteiger partial charge in [-0.3, -0.25) is 10.2 Å². The zero-order valence-corrected chi connectivity index (χ0v) is 8.27. The Balaban J connectivity index is 3.02. The fraction of sp³-hybridized carbons (Fsp3) is 0.333. The van der Waals surface area contributed by atoms with Crippen molar-refractivity contribution in [3.05, 3.63) is 25.3 Å². The van der Waals surface area contributed by atoms with E-state index in [2.05, 4.69) is 27.8 Å². The Morgan fingerprint density at radius 1 is 1.36 bits per heavy atom. The first-order chi connectivity index (χ1) is 5.41. The molecule has 0 aromatic heterocycles. The summed E-state index contributed by atoms with van der Waals surface area (Å²) < 4.78 is 4.13. The number of nitrogens with zero attached hydrogens (tertiary/aromatic N) is 1. The Morgan fingerprint density at radius 3 is 2.73 bits per heavy atom. The van der Waals surface area contributed by atoms with Gasteiger partial charge in [-0.15, -0.1) is 13.2 Å². The summed E-state index contributed by atoms with van der Waals surface area (Å²) in [5, 5.41) is 6.12. The van der Waals surface area contributed by atoms with E-state index in [1.807, 2.05) is 12.2 Å². The average molecular weight is 189 g/mol. The zero-order chi connectivity index (χ0) is 8.36. The van der Waals surface area contributed by atoms with E-state index in [0.717, 1.165) is 21.6 Å². The molecule has 5 heteroatoms. The molecule has 62 valence electrons. The summed E-state index contributed by atoms with van der Waals surface area (Å²) >= 11 is 0. The molecule has 0 aromatic rings. The number of hydrogen-bond acceptors (Lipinski definition) is 2. The molecule has 0 spiro atoms. The molecule has 11 heavy (non-hydrogen) atoms. The first kappa shape index (κ1) is 10.9. The molecular weight excluding hydrogens is 176 g/mol. The summed E-state index contributed by atoms with van der Waals surface area (Å²) in [4.78, 5) is 0. The van der Waals surface area contributed by atoms with Gasteiger partial charge in [0.15, 0.2) is 0 Å². The lowest BCUT2D eigenvalue weighted by molar-refractivity contribution is 1.11. The smallest absolute Gasteiger partial charge is 0.0957 e. The average Bonchev–Trinajstić information content (AvgIpc) is 2.03. The van der Waals surface area contributed by atoms with Crippen molar-refractivity contribution >= 4 is 17.4 Å². The van der Waals surface area contributed by atoms with Crippen molar-refractivity contribution in [2.75, 3.05) is 13.1 Å². The Kier molecular flexibility index (Phi) is 9.87. The molecule has 0 saturated carbocycles. The van der Waals surface area contributed by atoms with Crippen LogP contribution in [0.5, 0.6) is 0 Å². The predicted molar refractivity (Wildman–Crippen MR) is 54.1 cm³/mol. The van der Waals surface area contributed by atoms with E-state index in [4.69, 9.17) is 0 Å². The lowest BCUT2D eigenvalue weighted by atomic mass is 10.7. The molecule has 0 amide bonds. The third-order valence-electron chi connectivity index (χ3n) is 0.732. The fourth-order valence-electron chi connectivity index (χ4n) is 0.319. The number of nitrogens with one attached hydrogen (secondary N) is 2. The van der Waals surface area contributed by atoms with Gasteiger partial charge in [-0.05, 0) is 0 Å². The van der Waals surface area contributed by atoms with Gasteiger partial charge in [0.25, 0.3) is 0 Å². The number of rotatable bonds is 7. The van der Waals surface area contributed by atoms with Gasteiger partial charge in [0.05, 0.1) is 17.4 Å². The minimum Gasteiger partial charge on any atom is -0.276 e. The summed E-state index contributed by atoms with van der Waals surface area (Å²) in [5.41, 5.74) is 0. The summed E-state index contributed by atoms with van der Waals surface area (Å²) in [6.45, 7) is 8.77. The van der Waals surface area contributed by atoms with Gasteiger partial charge in [0.1, 0.15) is 0 Å². The summed E-state index contributed by atoms with van der Waals surface area (Å²) in [5.74, 6) is 0. The van der Waals surface area contributed by atoms with Gasteiger partial charge in [-0.25, -0.2) is 4.52 Å². The second kappa shape index (κ2) is 9.93. The molecule has 3 nitrogen and oxygen atoms in total. The lowest BCUT2D eigenvalue weighted by Crippen LogP contribution is -1.98. The molecule has 0 aliphatic carbocycles. The van der Waals surface area contributed by atoms with Crippen molar-refractivity contribution in [2.45, 2.75) is 0 Å². The van der Waals surface area contributed by atoms with E-state index in [9.17, 15) is 0 Å². The van der Waals surface area contributed by atoms with Crippen LogP contribution in [0.4, 0.5) is 0 Å². The maximum atomic E-state index is 4.13. The second-order valence-electron chi connectivity index (χ2n) is 1.63. The lowest BCUT2D eigenvalue weighted by Gasteiger charge is -1.92. The van der Waals surface area contributed by atoms with E-state index >= 15 is 0 Å². The minimum absolute atomic E-state index is 0.445. The van der Waals surface area contributed by atoms with Crippen molar-refractivity contribution in [3.8, 4) is 0 Å². The van der Waals surface area contributed by atoms with Gasteiger partial charge in [0.2, 0.25) is 0 Å². The quantitative estimate of drug-likeness (QED) is 0.365. The van der Waals surface area contributed by atoms with Crippen molar-refractivity contribution in [1.82, 2.24) is 10.2 Å². The molecule has 0 fully saturated rings. The highest BCUT2D eigenvalue weighted by Gasteiger charge is 1.76. The fourth-order valence-corrected chi connectivity index (χ4v) is 1.53. The summed E-state index contributed by atoms with van der Waals surface area (Å²) in [7, 11) is 1.35. The SMILES string of the molecule is C=CCNP=NPNCC=C. The highest BCUT2D eigenvalue weighted by molar-refractivity contribution is 7.42. The molecule has 0 rings (SSSR count). The highest BCUT2D eigenvalue weighted by atomic mass is 31.1. The first-order valence-electron chi connectivity index (χ1n) is 3.24. The van der Waals surface area contributed by atoms with Crippen LogP contribution in [0.3, 0.4) is 0 Å². The first-order valence-corrected chi connectivity index (χ1v) is 5.03. The maximum Gasteiger partial charge on any atom is 0.0957 e. The molecule has 0 saturated heterocycles. The third-order valence-corrected chi connectivity index (χ3v) is 2.22. The molecule has 1 unspecified atom stereocenters. The van der Waals surface area contributed by atoms with Gasteiger partial charge in [-0.2, -0.15) is 0 Å². The molecule has 0 bridgehead atoms. The van der Waals surface area contributed by atoms with Crippen LogP contribution in [0.1, 0.15) is 0 Å². The topological polar surface area (TPSA) is 36.4 Å². The van der Waals surface area contributed by atoms with E-state index in [0.29, 0.717) is 8.88 Å². The monoisotopic (exact) mass is 189 g/mol. The molecule has 0 aliphatic heterocycles. The van der Waals surface area contributed by atoms with Gasteiger partial charge < -0.3 is 0 Å². The molecule has 2 N–H and O–H groups in total. The van der Waals surface area contributed by atoms with E-state index in [-0.39, 0.29) is 0 Å². The van der Waals surface area contributed by atoms with Crippen LogP contribution in [0.25, 0.3) is 0 Å². The van der Waals surface area contributed by atoms with Crippen LogP contribution in [-0.4, -0.2) is 13.1 Å². The van der Waals surface area contributed by atoms with Crippen molar-refractivity contribution in [3.63, 3.8) is 0 Å². The Bertz CT molecular complexity index is 136. The molecule has 0 heterocycles. The summed E-state index contributed by atoms with van der Waals surface area (Å²) in [6.07, 6.45) is 3.62. The van der Waals surface area contributed by atoms with Gasteiger partial charge in [-0.1, -0.05) is 12.2 Å². The van der Waals surface area contributed by atoms with E-state index in [1.54, 1.807) is 0 Å². The van der Waals surface area contributed by atoms with Crippen molar-refractivity contribution in [1.29, 1.82) is 0 Å². The van der Waals surface area contributed by atoms with Gasteiger partial charge >= 0.3 is 0 Å². The van der Waals surface area contributed by atoms with Crippen LogP contribution in [0.15, 0.2) is 29.8 Å². The molecule has 0 aliphatic rings. The van der Waals surface area contributed by atoms with Crippen LogP contribution in [-0.2, 0) is 0 Å². The Morgan fingerprint density at radius 2 is 2.09 bits per heavy atom. The van der Waals surface area contributed by atoms with Crippen molar-refractivity contribution < 1.29 is 0 Å². The Hall–Kier alpha value is -0.0700. The van der Waals surface area contributed by atoms with Crippen molar-refractivity contribution in [2.24, 2.45) is 4.52 Å². The molecule has 0 radical (unpaired) electrons. The maximum absolute atomic E-state index is 4.13. The second-order valence-corrected chi connectivity index (χ2v) is 3.53. The van der Waals surface area contributed by atoms with Crippen LogP contribution < -0.4 is 10.2 Å². The predicted octanol–water partition coefficient (Wildman–Crippen LogP) is 2.09. The number of hydrogen-bond donors (Lipinski definition) is 2. The molecule has 1 atom stereocenters. The van der Waals surface area contributed by atoms with Crippen LogP contribution in [0, 0.1) is 0 Å². The largest absolute Gasteiger partial charge is 0.276 e. The van der Waals surface area contributed by atoms with E-state index in [1.165, 1.54) is 0 Å². The normalized spacial score (nSPS) is 11.3. The molecule has 0 aromatic carbocycles. The van der Waals surface area contributed by atoms with Gasteiger partial charge in [0, 0.05) is 13.1 Å². The van der Waals surface area contributed by atoms with Crippen LogP contribution in [0.2, 0.25) is 0 Å². The third kappa shape index (κ3) is 9.93. The standard InChI is InChI=1S/C6H13N3P2/c1-3-5-7-10-9-11-8-6-4-2/h3-4,7,10H,1-2,5-6H2,(H,8,9). The van der Waals surface area contributed by atoms with E-state index < -0.39 is 0 Å². The highest BCUT2D eigenvalue weighted by Crippen LogP contribution is 2.10. The molecular formula is C6H13N3P2.